The molecule has 0 saturated carbocycles. The summed E-state index contributed by atoms with van der Waals surface area (Å²) in [4.78, 5) is 17.1. The molecule has 0 atom stereocenters. The third-order valence-corrected chi connectivity index (χ3v) is 3.91. The van der Waals surface area contributed by atoms with Crippen molar-refractivity contribution in [2.24, 2.45) is 5.92 Å². The SMILES string of the molecule is C=C(C(=O)O)C1CC(C)(C)N(OCC(C)(C)O)C(C)(C)C1. The van der Waals surface area contributed by atoms with Crippen LogP contribution in [-0.4, -0.2) is 44.5 Å². The van der Waals surface area contributed by atoms with Crippen molar-refractivity contribution in [3.05, 3.63) is 12.2 Å². The van der Waals surface area contributed by atoms with E-state index in [0.29, 0.717) is 12.8 Å². The normalized spacial score (nSPS) is 23.0. The van der Waals surface area contributed by atoms with Crippen LogP contribution in [0.3, 0.4) is 0 Å². The quantitative estimate of drug-likeness (QED) is 0.764. The molecule has 1 aliphatic heterocycles. The Morgan fingerprint density at radius 3 is 2.05 bits per heavy atom. The van der Waals surface area contributed by atoms with Gasteiger partial charge in [-0.15, -0.1) is 0 Å². The lowest BCUT2D eigenvalue weighted by Crippen LogP contribution is -2.61. The Labute approximate surface area is 127 Å². The number of carboxylic acids is 1. The van der Waals surface area contributed by atoms with E-state index >= 15 is 0 Å². The molecular weight excluding hydrogens is 270 g/mol. The van der Waals surface area contributed by atoms with Crippen LogP contribution in [0.5, 0.6) is 0 Å². The van der Waals surface area contributed by atoms with Gasteiger partial charge in [-0.1, -0.05) is 6.58 Å². The fraction of sp³-hybridized carbons (Fsp3) is 0.812. The molecule has 5 nitrogen and oxygen atoms in total. The number of aliphatic hydroxyl groups is 1. The predicted molar refractivity (Wildman–Crippen MR) is 81.7 cm³/mol. The van der Waals surface area contributed by atoms with Gasteiger partial charge in [-0.2, -0.15) is 5.06 Å². The summed E-state index contributed by atoms with van der Waals surface area (Å²) < 4.78 is 0. The van der Waals surface area contributed by atoms with Gasteiger partial charge in [0.05, 0.1) is 12.2 Å². The van der Waals surface area contributed by atoms with Gasteiger partial charge in [0.2, 0.25) is 0 Å². The van der Waals surface area contributed by atoms with Crippen LogP contribution in [0.15, 0.2) is 12.2 Å². The number of carbonyl (C=O) groups is 1. The van der Waals surface area contributed by atoms with Crippen LogP contribution in [0.4, 0.5) is 0 Å². The second-order valence-electron chi connectivity index (χ2n) is 7.94. The average Bonchev–Trinajstić information content (AvgIpc) is 2.22. The maximum absolute atomic E-state index is 11.2. The molecule has 0 radical (unpaired) electrons. The fourth-order valence-corrected chi connectivity index (χ4v) is 3.26. The molecule has 1 aliphatic rings. The molecule has 5 heteroatoms. The Morgan fingerprint density at radius 1 is 1.29 bits per heavy atom. The van der Waals surface area contributed by atoms with E-state index in [0.717, 1.165) is 0 Å². The highest BCUT2D eigenvalue weighted by Gasteiger charge is 2.48. The van der Waals surface area contributed by atoms with Crippen molar-refractivity contribution in [3.8, 4) is 0 Å². The van der Waals surface area contributed by atoms with E-state index in [4.69, 9.17) is 4.84 Å². The average molecular weight is 299 g/mol. The standard InChI is InChI=1S/C16H29NO4/c1-11(13(18)19)12-8-14(2,3)17(15(4,5)9-12)21-10-16(6,7)20/h12,20H,1,8-10H2,2-7H3,(H,18,19). The number of nitrogens with zero attached hydrogens (tertiary/aromatic N) is 1. The van der Waals surface area contributed by atoms with Crippen LogP contribution in [-0.2, 0) is 9.63 Å². The molecule has 0 aromatic heterocycles. The Bertz CT molecular complexity index is 402. The fourth-order valence-electron chi connectivity index (χ4n) is 3.26. The molecule has 0 aliphatic carbocycles. The Balaban J connectivity index is 2.94. The summed E-state index contributed by atoms with van der Waals surface area (Å²) in [5.41, 5.74) is -1.32. The van der Waals surface area contributed by atoms with Crippen LogP contribution < -0.4 is 0 Å². The lowest BCUT2D eigenvalue weighted by Gasteiger charge is -2.54. The summed E-state index contributed by atoms with van der Waals surface area (Å²) in [6, 6.07) is 0. The number of carboxylic acid groups (broad SMARTS) is 1. The minimum Gasteiger partial charge on any atom is -0.478 e. The van der Waals surface area contributed by atoms with Crippen molar-refractivity contribution in [2.75, 3.05) is 6.61 Å². The third kappa shape index (κ3) is 4.53. The maximum Gasteiger partial charge on any atom is 0.331 e. The van der Waals surface area contributed by atoms with Gasteiger partial charge >= 0.3 is 5.97 Å². The molecular formula is C16H29NO4. The van der Waals surface area contributed by atoms with E-state index in [1.54, 1.807) is 13.8 Å². The molecule has 0 unspecified atom stereocenters. The molecule has 0 bridgehead atoms. The van der Waals surface area contributed by atoms with Crippen LogP contribution in [0.1, 0.15) is 54.4 Å². The zero-order valence-corrected chi connectivity index (χ0v) is 14.1. The van der Waals surface area contributed by atoms with Crippen molar-refractivity contribution in [1.82, 2.24) is 5.06 Å². The molecule has 21 heavy (non-hydrogen) atoms. The minimum atomic E-state index is -0.933. The second-order valence-corrected chi connectivity index (χ2v) is 7.94. The summed E-state index contributed by atoms with van der Waals surface area (Å²) in [7, 11) is 0. The summed E-state index contributed by atoms with van der Waals surface area (Å²) >= 11 is 0. The molecule has 0 amide bonds. The highest BCUT2D eigenvalue weighted by atomic mass is 16.7. The number of rotatable bonds is 5. The van der Waals surface area contributed by atoms with Gasteiger partial charge in [0.15, 0.2) is 0 Å². The van der Waals surface area contributed by atoms with Gasteiger partial charge in [0.25, 0.3) is 0 Å². The van der Waals surface area contributed by atoms with Crippen molar-refractivity contribution >= 4 is 5.97 Å². The predicted octanol–water partition coefficient (Wildman–Crippen LogP) is 2.60. The van der Waals surface area contributed by atoms with E-state index in [1.165, 1.54) is 0 Å². The van der Waals surface area contributed by atoms with Crippen LogP contribution in [0, 0.1) is 5.92 Å². The van der Waals surface area contributed by atoms with E-state index in [-0.39, 0.29) is 29.2 Å². The molecule has 0 aromatic rings. The van der Waals surface area contributed by atoms with Crippen molar-refractivity contribution in [2.45, 2.75) is 71.1 Å². The molecule has 0 aromatic carbocycles. The van der Waals surface area contributed by atoms with E-state index in [2.05, 4.69) is 6.58 Å². The molecule has 122 valence electrons. The zero-order valence-electron chi connectivity index (χ0n) is 14.1. The Morgan fingerprint density at radius 2 is 1.71 bits per heavy atom. The maximum atomic E-state index is 11.2. The van der Waals surface area contributed by atoms with Gasteiger partial charge < -0.3 is 10.2 Å². The molecule has 0 spiro atoms. The zero-order chi connectivity index (χ0) is 16.6. The monoisotopic (exact) mass is 299 g/mol. The summed E-state index contributed by atoms with van der Waals surface area (Å²) in [6.45, 7) is 15.4. The van der Waals surface area contributed by atoms with Crippen molar-refractivity contribution < 1.29 is 19.8 Å². The van der Waals surface area contributed by atoms with Gasteiger partial charge in [0, 0.05) is 16.7 Å². The van der Waals surface area contributed by atoms with E-state index < -0.39 is 11.6 Å². The Hall–Kier alpha value is -0.910. The first-order valence-electron chi connectivity index (χ1n) is 7.34. The second kappa shape index (κ2) is 5.71. The molecule has 2 N–H and O–H groups in total. The number of piperidine rings is 1. The smallest absolute Gasteiger partial charge is 0.331 e. The lowest BCUT2D eigenvalue weighted by molar-refractivity contribution is -0.300. The van der Waals surface area contributed by atoms with Crippen LogP contribution in [0.25, 0.3) is 0 Å². The summed E-state index contributed by atoms with van der Waals surface area (Å²) in [5, 5.41) is 20.9. The van der Waals surface area contributed by atoms with E-state index in [1.807, 2.05) is 32.8 Å². The number of hydroxylamine groups is 2. The van der Waals surface area contributed by atoms with Gasteiger partial charge in [-0.25, -0.2) is 4.79 Å². The lowest BCUT2D eigenvalue weighted by atomic mass is 9.72. The van der Waals surface area contributed by atoms with E-state index in [9.17, 15) is 15.0 Å². The highest BCUT2D eigenvalue weighted by molar-refractivity contribution is 5.86. The topological polar surface area (TPSA) is 70.0 Å². The first-order valence-corrected chi connectivity index (χ1v) is 7.34. The molecule has 1 rings (SSSR count). The van der Waals surface area contributed by atoms with Crippen LogP contribution >= 0.6 is 0 Å². The van der Waals surface area contributed by atoms with Gasteiger partial charge in [-0.05, 0) is 60.3 Å². The first kappa shape index (κ1) is 18.1. The summed E-state index contributed by atoms with van der Waals surface area (Å²) in [5.74, 6) is -1.01. The van der Waals surface area contributed by atoms with Crippen molar-refractivity contribution in [3.63, 3.8) is 0 Å². The van der Waals surface area contributed by atoms with Gasteiger partial charge in [0.1, 0.15) is 0 Å². The number of hydrogen-bond acceptors (Lipinski definition) is 4. The molecule has 1 heterocycles. The van der Waals surface area contributed by atoms with Gasteiger partial charge in [-0.3, -0.25) is 4.84 Å². The summed E-state index contributed by atoms with van der Waals surface area (Å²) in [6.07, 6.45) is 1.32. The number of hydrogen-bond donors (Lipinski definition) is 2. The highest BCUT2D eigenvalue weighted by Crippen LogP contribution is 2.44. The third-order valence-electron chi connectivity index (χ3n) is 3.91. The first-order chi connectivity index (χ1) is 9.26. The largest absolute Gasteiger partial charge is 0.478 e. The van der Waals surface area contributed by atoms with Crippen molar-refractivity contribution in [1.29, 1.82) is 0 Å². The molecule has 1 fully saturated rings. The Kier molecular flexibility index (Phi) is 4.93. The minimum absolute atomic E-state index is 0.0745. The number of aliphatic carboxylic acids is 1. The van der Waals surface area contributed by atoms with Crippen LogP contribution in [0.2, 0.25) is 0 Å². The molecule has 1 saturated heterocycles.